The van der Waals surface area contributed by atoms with Gasteiger partial charge in [-0.1, -0.05) is 0 Å². The highest BCUT2D eigenvalue weighted by Gasteiger charge is 2.43. The highest BCUT2D eigenvalue weighted by molar-refractivity contribution is 5.88. The van der Waals surface area contributed by atoms with E-state index < -0.39 is 31.2 Å². The Hall–Kier alpha value is -1.67. The molecular formula is C13H17NO6. The summed E-state index contributed by atoms with van der Waals surface area (Å²) in [6, 6.07) is 6.47. The van der Waals surface area contributed by atoms with Gasteiger partial charge in [0.05, 0.1) is 6.61 Å². The summed E-state index contributed by atoms with van der Waals surface area (Å²) in [5, 5.41) is 30.9. The second-order valence-electron chi connectivity index (χ2n) is 4.53. The van der Waals surface area contributed by atoms with E-state index in [4.69, 9.17) is 14.6 Å². The Labute approximate surface area is 115 Å². The van der Waals surface area contributed by atoms with Crippen LogP contribution in [0.5, 0.6) is 5.75 Å². The van der Waals surface area contributed by atoms with E-state index in [9.17, 15) is 15.0 Å². The Kier molecular flexibility index (Phi) is 4.56. The Bertz CT molecular complexity index is 462. The van der Waals surface area contributed by atoms with Crippen molar-refractivity contribution in [3.8, 4) is 5.75 Å². The van der Waals surface area contributed by atoms with Gasteiger partial charge >= 0.3 is 0 Å². The van der Waals surface area contributed by atoms with Gasteiger partial charge in [-0.25, -0.2) is 0 Å². The molecule has 1 fully saturated rings. The molecule has 1 aliphatic heterocycles. The van der Waals surface area contributed by atoms with E-state index in [-0.39, 0.29) is 5.91 Å². The minimum absolute atomic E-state index is 0.179. The third-order valence-corrected chi connectivity index (χ3v) is 2.93. The van der Waals surface area contributed by atoms with Gasteiger partial charge in [-0.05, 0) is 24.3 Å². The van der Waals surface area contributed by atoms with Crippen molar-refractivity contribution in [1.29, 1.82) is 0 Å². The number of hydrogen-bond acceptors (Lipinski definition) is 6. The summed E-state index contributed by atoms with van der Waals surface area (Å²) in [6.07, 6.45) is -4.34. The van der Waals surface area contributed by atoms with E-state index in [1.165, 1.54) is 6.92 Å². The van der Waals surface area contributed by atoms with Crippen LogP contribution >= 0.6 is 0 Å². The molecule has 110 valence electrons. The monoisotopic (exact) mass is 283 g/mol. The molecule has 2 rings (SSSR count). The largest absolute Gasteiger partial charge is 0.462 e. The number of hydrogen-bond donors (Lipinski definition) is 4. The fourth-order valence-electron chi connectivity index (χ4n) is 1.92. The van der Waals surface area contributed by atoms with Crippen LogP contribution in [0, 0.1) is 0 Å². The number of amides is 1. The lowest BCUT2D eigenvalue weighted by molar-refractivity contribution is -0.116. The van der Waals surface area contributed by atoms with Crippen LogP contribution in [-0.2, 0) is 9.53 Å². The Morgan fingerprint density at radius 3 is 2.45 bits per heavy atom. The molecule has 0 aliphatic carbocycles. The standard InChI is InChI=1S/C13H17NO6/c1-7(16)14-8-2-4-9(5-3-8)19-13-12(18)11(17)10(6-15)20-13/h2-5,10-13,15,17-18H,6H2,1H3,(H,14,16)/t10-,11-,12+,13+/m0/s1. The zero-order valence-corrected chi connectivity index (χ0v) is 10.9. The number of rotatable bonds is 4. The van der Waals surface area contributed by atoms with Gasteiger partial charge in [0.2, 0.25) is 12.2 Å². The van der Waals surface area contributed by atoms with Crippen molar-refractivity contribution >= 4 is 11.6 Å². The molecule has 20 heavy (non-hydrogen) atoms. The molecule has 0 bridgehead atoms. The van der Waals surface area contributed by atoms with Crippen molar-refractivity contribution in [2.24, 2.45) is 0 Å². The number of nitrogens with one attached hydrogen (secondary N) is 1. The molecule has 4 N–H and O–H groups in total. The summed E-state index contributed by atoms with van der Waals surface area (Å²) in [7, 11) is 0. The van der Waals surface area contributed by atoms with Gasteiger partial charge in [0.15, 0.2) is 0 Å². The number of benzene rings is 1. The summed E-state index contributed by atoms with van der Waals surface area (Å²) in [5.74, 6) is 0.232. The van der Waals surface area contributed by atoms with Crippen LogP contribution in [0.15, 0.2) is 24.3 Å². The van der Waals surface area contributed by atoms with Crippen LogP contribution in [-0.4, -0.2) is 52.4 Å². The first-order valence-corrected chi connectivity index (χ1v) is 6.18. The van der Waals surface area contributed by atoms with Crippen molar-refractivity contribution in [1.82, 2.24) is 0 Å². The lowest BCUT2D eigenvalue weighted by atomic mass is 10.1. The van der Waals surface area contributed by atoms with E-state index in [1.807, 2.05) is 0 Å². The second kappa shape index (κ2) is 6.19. The molecule has 0 aromatic heterocycles. The van der Waals surface area contributed by atoms with Gasteiger partial charge in [-0.2, -0.15) is 0 Å². The maximum atomic E-state index is 10.9. The van der Waals surface area contributed by atoms with Crippen LogP contribution in [0.25, 0.3) is 0 Å². The van der Waals surface area contributed by atoms with Crippen molar-refractivity contribution in [2.75, 3.05) is 11.9 Å². The smallest absolute Gasteiger partial charge is 0.229 e. The van der Waals surface area contributed by atoms with Crippen molar-refractivity contribution in [3.63, 3.8) is 0 Å². The Morgan fingerprint density at radius 1 is 1.30 bits per heavy atom. The van der Waals surface area contributed by atoms with Gasteiger partial charge in [-0.15, -0.1) is 0 Å². The van der Waals surface area contributed by atoms with Gasteiger partial charge in [-0.3, -0.25) is 4.79 Å². The van der Waals surface area contributed by atoms with Crippen molar-refractivity contribution in [3.05, 3.63) is 24.3 Å². The van der Waals surface area contributed by atoms with Gasteiger partial charge < -0.3 is 30.1 Å². The highest BCUT2D eigenvalue weighted by Crippen LogP contribution is 2.25. The molecule has 0 spiro atoms. The zero-order chi connectivity index (χ0) is 14.7. The molecule has 1 saturated heterocycles. The molecular weight excluding hydrogens is 266 g/mol. The molecule has 4 atom stereocenters. The molecule has 1 aliphatic rings. The first kappa shape index (κ1) is 14.7. The molecule has 1 heterocycles. The van der Waals surface area contributed by atoms with Gasteiger partial charge in [0.1, 0.15) is 24.1 Å². The molecule has 7 heteroatoms. The number of ether oxygens (including phenoxy) is 2. The molecule has 0 unspecified atom stereocenters. The second-order valence-corrected chi connectivity index (χ2v) is 4.53. The number of anilines is 1. The zero-order valence-electron chi connectivity index (χ0n) is 10.9. The van der Waals surface area contributed by atoms with E-state index in [0.717, 1.165) is 0 Å². The summed E-state index contributed by atoms with van der Waals surface area (Å²) >= 11 is 0. The van der Waals surface area contributed by atoms with Crippen LogP contribution in [0.3, 0.4) is 0 Å². The Morgan fingerprint density at radius 2 is 1.95 bits per heavy atom. The molecule has 0 radical (unpaired) electrons. The predicted molar refractivity (Wildman–Crippen MR) is 69.1 cm³/mol. The molecule has 7 nitrogen and oxygen atoms in total. The third-order valence-electron chi connectivity index (χ3n) is 2.93. The van der Waals surface area contributed by atoms with Crippen LogP contribution < -0.4 is 10.1 Å². The molecule has 0 saturated carbocycles. The number of aliphatic hydroxyl groups is 3. The van der Waals surface area contributed by atoms with Crippen LogP contribution in [0.1, 0.15) is 6.92 Å². The lowest BCUT2D eigenvalue weighted by Crippen LogP contribution is -2.35. The third kappa shape index (κ3) is 3.26. The molecule has 1 aromatic rings. The Balaban J connectivity index is 1.98. The van der Waals surface area contributed by atoms with Crippen molar-refractivity contribution < 1.29 is 29.6 Å². The predicted octanol–water partition coefficient (Wildman–Crippen LogP) is -0.537. The van der Waals surface area contributed by atoms with E-state index in [0.29, 0.717) is 11.4 Å². The molecule has 1 amide bonds. The summed E-state index contributed by atoms with van der Waals surface area (Å²) in [6.45, 7) is 1.00. The quantitative estimate of drug-likeness (QED) is 0.591. The summed E-state index contributed by atoms with van der Waals surface area (Å²) in [5.41, 5.74) is 0.617. The van der Waals surface area contributed by atoms with Crippen LogP contribution in [0.4, 0.5) is 5.69 Å². The van der Waals surface area contributed by atoms with E-state index >= 15 is 0 Å². The number of carbonyl (C=O) groups is 1. The average molecular weight is 283 g/mol. The van der Waals surface area contributed by atoms with E-state index in [2.05, 4.69) is 5.32 Å². The number of carbonyl (C=O) groups excluding carboxylic acids is 1. The molecule has 1 aromatic carbocycles. The fourth-order valence-corrected chi connectivity index (χ4v) is 1.92. The van der Waals surface area contributed by atoms with Crippen molar-refractivity contribution in [2.45, 2.75) is 31.5 Å². The normalized spacial score (nSPS) is 29.2. The SMILES string of the molecule is CC(=O)Nc1ccc(O[C@@H]2O[C@@H](CO)[C@H](O)[C@H]2O)cc1. The minimum Gasteiger partial charge on any atom is -0.462 e. The lowest BCUT2D eigenvalue weighted by Gasteiger charge is -2.17. The summed E-state index contributed by atoms with van der Waals surface area (Å²) < 4.78 is 10.6. The van der Waals surface area contributed by atoms with Crippen LogP contribution in [0.2, 0.25) is 0 Å². The van der Waals surface area contributed by atoms with Gasteiger partial charge in [0, 0.05) is 12.6 Å². The van der Waals surface area contributed by atoms with E-state index in [1.54, 1.807) is 24.3 Å². The fraction of sp³-hybridized carbons (Fsp3) is 0.462. The minimum atomic E-state index is -1.23. The maximum absolute atomic E-state index is 10.9. The summed E-state index contributed by atoms with van der Waals surface area (Å²) in [4.78, 5) is 10.9. The first-order chi connectivity index (χ1) is 9.51. The number of aliphatic hydroxyl groups excluding tert-OH is 3. The maximum Gasteiger partial charge on any atom is 0.229 e. The van der Waals surface area contributed by atoms with Gasteiger partial charge in [0.25, 0.3) is 0 Å². The average Bonchev–Trinajstić information content (AvgIpc) is 2.68. The first-order valence-electron chi connectivity index (χ1n) is 6.18. The topological polar surface area (TPSA) is 108 Å². The highest BCUT2D eigenvalue weighted by atomic mass is 16.7.